The lowest BCUT2D eigenvalue weighted by molar-refractivity contribution is -0.401. The maximum Gasteiger partial charge on any atom is 0.762 e. The summed E-state index contributed by atoms with van der Waals surface area (Å²) in [5.74, 6) is -1.44. The van der Waals surface area contributed by atoms with Gasteiger partial charge in [-0.15, -0.1) is 5.06 Å². The fraction of sp³-hybridized carbons (Fsp3) is 0.333. The number of anilines is 1. The van der Waals surface area contributed by atoms with Crippen LogP contribution in [0.4, 0.5) is 24.3 Å². The summed E-state index contributed by atoms with van der Waals surface area (Å²) in [6.07, 6.45) is 9.43. The standard InChI is InChI=1S/C42H44N3O4.BF3.FH/c1-41(2)34(43(5)32-23-21-28-14-8-10-16-30(28)39(32)41)18-13-19-35-42(3,4)40-31-17-11-9-15-29(31)22-24-33(40)44(35)27-12-6-7-20-38(48)49-45-36(46)25-26-37(45)47;2-1(3)4;/h8-11,13-19,21-24H,6-7,12,20,25-27H2,1-5H3;;1H/q+1;;/p-1. The Kier molecular flexibility index (Phi) is 11.8. The van der Waals surface area contributed by atoms with E-state index in [2.05, 4.69) is 135 Å². The van der Waals surface area contributed by atoms with Gasteiger partial charge in [0.2, 0.25) is 5.69 Å². The maximum atomic E-state index is 12.4. The van der Waals surface area contributed by atoms with Gasteiger partial charge in [0.05, 0.1) is 5.41 Å². The lowest BCUT2D eigenvalue weighted by Crippen LogP contribution is -3.00. The van der Waals surface area contributed by atoms with Crippen LogP contribution in [-0.4, -0.2) is 54.3 Å². The van der Waals surface area contributed by atoms with Crippen molar-refractivity contribution in [2.45, 2.75) is 77.0 Å². The van der Waals surface area contributed by atoms with Crippen molar-refractivity contribution in [3.05, 3.63) is 108 Å². The molecule has 0 unspecified atom stereocenters. The van der Waals surface area contributed by atoms with Crippen molar-refractivity contribution < 1.29 is 41.4 Å². The van der Waals surface area contributed by atoms with E-state index in [1.165, 1.54) is 55.5 Å². The van der Waals surface area contributed by atoms with Crippen molar-refractivity contribution in [2.75, 3.05) is 18.5 Å². The predicted molar refractivity (Wildman–Crippen MR) is 204 cm³/mol. The maximum absolute atomic E-state index is 12.4. The number of allylic oxidation sites excluding steroid dienone is 4. The molecule has 0 aliphatic carbocycles. The molecular weight excluding hydrogens is 697 g/mol. The molecule has 0 spiro atoms. The molecule has 4 aromatic rings. The summed E-state index contributed by atoms with van der Waals surface area (Å²) in [6.45, 7) is 10.1. The number of hydrogen-bond acceptors (Lipinski definition) is 5. The second-order valence-electron chi connectivity index (χ2n) is 14.7. The molecule has 3 aliphatic heterocycles. The monoisotopic (exact) mass is 741 g/mol. The van der Waals surface area contributed by atoms with E-state index in [0.29, 0.717) is 11.5 Å². The Morgan fingerprint density at radius 1 is 0.815 bits per heavy atom. The van der Waals surface area contributed by atoms with Crippen LogP contribution in [0.2, 0.25) is 0 Å². The van der Waals surface area contributed by atoms with E-state index in [4.69, 9.17) is 4.84 Å². The molecule has 54 heavy (non-hydrogen) atoms. The Morgan fingerprint density at radius 3 is 2.02 bits per heavy atom. The Morgan fingerprint density at radius 2 is 1.39 bits per heavy atom. The van der Waals surface area contributed by atoms with Crippen molar-refractivity contribution in [3.63, 3.8) is 0 Å². The molecule has 0 bridgehead atoms. The number of carbonyl (C=O) groups excluding carboxylic acids is 3. The molecule has 0 radical (unpaired) electrons. The summed E-state index contributed by atoms with van der Waals surface area (Å²) >= 11 is 0. The fourth-order valence-electron chi connectivity index (χ4n) is 8.22. The summed E-state index contributed by atoms with van der Waals surface area (Å²) < 4.78 is 31.3. The zero-order valence-electron chi connectivity index (χ0n) is 31.2. The third-order valence-corrected chi connectivity index (χ3v) is 10.6. The Hall–Kier alpha value is -5.26. The highest BCUT2D eigenvalue weighted by Crippen LogP contribution is 2.51. The van der Waals surface area contributed by atoms with Gasteiger partial charge in [0.1, 0.15) is 7.05 Å². The number of unbranched alkanes of at least 4 members (excludes halogenated alkanes) is 2. The van der Waals surface area contributed by atoms with Gasteiger partial charge >= 0.3 is 13.5 Å². The lowest BCUT2D eigenvalue weighted by atomic mass is 9.79. The second kappa shape index (κ2) is 16.0. The van der Waals surface area contributed by atoms with Crippen molar-refractivity contribution in [3.8, 4) is 0 Å². The number of carbonyl (C=O) groups is 3. The van der Waals surface area contributed by atoms with Gasteiger partial charge in [-0.2, -0.15) is 4.58 Å². The van der Waals surface area contributed by atoms with Gasteiger partial charge in [0.25, 0.3) is 11.8 Å². The molecule has 0 aromatic heterocycles. The van der Waals surface area contributed by atoms with E-state index in [0.717, 1.165) is 19.4 Å². The molecule has 0 N–H and O–H groups in total. The van der Waals surface area contributed by atoms with Crippen molar-refractivity contribution in [2.24, 2.45) is 0 Å². The van der Waals surface area contributed by atoms with E-state index >= 15 is 0 Å². The first kappa shape index (κ1) is 39.9. The van der Waals surface area contributed by atoms with Crippen LogP contribution in [0.15, 0.2) is 96.7 Å². The van der Waals surface area contributed by atoms with Crippen molar-refractivity contribution >= 4 is 64.0 Å². The van der Waals surface area contributed by atoms with Crippen LogP contribution < -0.4 is 9.60 Å². The number of imide groups is 1. The number of benzene rings is 4. The highest BCUT2D eigenvalue weighted by Gasteiger charge is 2.45. The van der Waals surface area contributed by atoms with E-state index in [9.17, 15) is 27.3 Å². The predicted octanol–water partition coefficient (Wildman–Crippen LogP) is 6.29. The topological polar surface area (TPSA) is 69.9 Å². The fourth-order valence-corrected chi connectivity index (χ4v) is 8.22. The second-order valence-corrected chi connectivity index (χ2v) is 14.7. The van der Waals surface area contributed by atoms with E-state index in [1.54, 1.807) is 0 Å². The number of halogens is 4. The van der Waals surface area contributed by atoms with Crippen LogP contribution in [0.3, 0.4) is 0 Å². The zero-order chi connectivity index (χ0) is 38.1. The minimum absolute atomic E-state index is 0. The SMILES string of the molecule is C[N+]1=C(/C=C/C=C2/N(CCCCCC(=O)ON3C(=O)CCC3=O)c3ccc4ccccc4c3C2(C)C)C(C)(C)c2c1ccc1ccccc21.FB(F)F.[F-]. The molecule has 282 valence electrons. The molecule has 4 aromatic carbocycles. The molecule has 2 amide bonds. The third-order valence-electron chi connectivity index (χ3n) is 10.6. The first-order valence-electron chi connectivity index (χ1n) is 18.0. The molecule has 1 saturated heterocycles. The Bertz CT molecular complexity index is 2180. The van der Waals surface area contributed by atoms with E-state index < -0.39 is 25.3 Å². The van der Waals surface area contributed by atoms with Crippen LogP contribution >= 0.6 is 0 Å². The molecule has 7 rings (SSSR count). The summed E-state index contributed by atoms with van der Waals surface area (Å²) in [7, 11) is -1.50. The lowest BCUT2D eigenvalue weighted by Gasteiger charge is -2.27. The Labute approximate surface area is 313 Å². The largest absolute Gasteiger partial charge is 1.00 e. The molecule has 12 heteroatoms. The number of amides is 2. The minimum Gasteiger partial charge on any atom is -1.00 e. The highest BCUT2D eigenvalue weighted by molar-refractivity contribution is 6.33. The van der Waals surface area contributed by atoms with Gasteiger partial charge in [-0.05, 0) is 72.0 Å². The number of hydrogen-bond donors (Lipinski definition) is 0. The van der Waals surface area contributed by atoms with Crippen molar-refractivity contribution in [1.29, 1.82) is 0 Å². The summed E-state index contributed by atoms with van der Waals surface area (Å²) in [6, 6.07) is 26.2. The molecule has 0 saturated carbocycles. The van der Waals surface area contributed by atoms with Gasteiger partial charge in [-0.1, -0.05) is 80.9 Å². The number of hydroxylamine groups is 2. The van der Waals surface area contributed by atoms with E-state index in [1.807, 2.05) is 0 Å². The van der Waals surface area contributed by atoms with Crippen LogP contribution in [0, 0.1) is 0 Å². The van der Waals surface area contributed by atoms with Gasteiger partial charge in [0.15, 0.2) is 5.71 Å². The number of nitrogens with zero attached hydrogens (tertiary/aromatic N) is 3. The Balaban J connectivity index is 0.00000107. The summed E-state index contributed by atoms with van der Waals surface area (Å²) in [5.41, 5.74) is 7.26. The average Bonchev–Trinajstić information content (AvgIpc) is 3.62. The van der Waals surface area contributed by atoms with E-state index in [-0.39, 0.29) is 34.8 Å². The van der Waals surface area contributed by atoms with Crippen LogP contribution in [0.1, 0.15) is 77.3 Å². The van der Waals surface area contributed by atoms with Crippen LogP contribution in [0.25, 0.3) is 21.5 Å². The quantitative estimate of drug-likeness (QED) is 0.0664. The molecule has 3 aliphatic rings. The van der Waals surface area contributed by atoms with Gasteiger partial charge in [-0.3, -0.25) is 22.5 Å². The highest BCUT2D eigenvalue weighted by atomic mass is 19.4. The van der Waals surface area contributed by atoms with Crippen LogP contribution in [0.5, 0.6) is 0 Å². The molecule has 0 atom stereocenters. The van der Waals surface area contributed by atoms with Gasteiger partial charge in [-0.25, -0.2) is 4.79 Å². The van der Waals surface area contributed by atoms with Crippen molar-refractivity contribution in [1.82, 2.24) is 5.06 Å². The first-order chi connectivity index (χ1) is 25.2. The molecular formula is C42H44BF4N3O4. The first-order valence-corrected chi connectivity index (χ1v) is 18.0. The molecule has 1 fully saturated rings. The smallest absolute Gasteiger partial charge is 0.762 e. The third kappa shape index (κ3) is 7.56. The van der Waals surface area contributed by atoms with Crippen LogP contribution in [-0.2, 0) is 30.1 Å². The number of rotatable bonds is 9. The molecule has 7 nitrogen and oxygen atoms in total. The summed E-state index contributed by atoms with van der Waals surface area (Å²) in [4.78, 5) is 43.5. The minimum atomic E-state index is -3.67. The zero-order valence-corrected chi connectivity index (χ0v) is 31.2. The number of fused-ring (bicyclic) bond motifs is 6. The van der Waals surface area contributed by atoms with Gasteiger partial charge in [0, 0.05) is 60.3 Å². The average molecular weight is 742 g/mol. The van der Waals surface area contributed by atoms with Gasteiger partial charge < -0.3 is 14.4 Å². The normalized spacial score (nSPS) is 17.6. The molecule has 3 heterocycles. The summed E-state index contributed by atoms with van der Waals surface area (Å²) in [5, 5.41) is 5.69.